The monoisotopic (exact) mass is 252 g/mol. The zero-order chi connectivity index (χ0) is 13.2. The molecule has 0 aliphatic heterocycles. The lowest BCUT2D eigenvalue weighted by Crippen LogP contribution is -2.19. The van der Waals surface area contributed by atoms with Gasteiger partial charge in [-0.25, -0.2) is 0 Å². The van der Waals surface area contributed by atoms with Gasteiger partial charge in [0.25, 0.3) is 0 Å². The summed E-state index contributed by atoms with van der Waals surface area (Å²) in [5.41, 5.74) is 9.35. The Morgan fingerprint density at radius 3 is 2.53 bits per heavy atom. The van der Waals surface area contributed by atoms with Crippen LogP contribution in [0.3, 0.4) is 0 Å². The van der Waals surface area contributed by atoms with E-state index in [1.807, 2.05) is 0 Å². The second-order valence-electron chi connectivity index (χ2n) is 2.86. The molecule has 0 spiro atoms. The number of ether oxygens (including phenoxy) is 1. The van der Waals surface area contributed by atoms with Gasteiger partial charge in [-0.15, -0.1) is 13.2 Å². The molecule has 0 aliphatic carbocycles. The fourth-order valence-electron chi connectivity index (χ4n) is 1.02. The normalized spacial score (nSPS) is 11.3. The molecule has 94 valence electrons. The van der Waals surface area contributed by atoms with E-state index in [1.165, 1.54) is 0 Å². The molecule has 10 heteroatoms. The lowest BCUT2D eigenvalue weighted by molar-refractivity contribution is -0.388. The Morgan fingerprint density at radius 2 is 2.12 bits per heavy atom. The summed E-state index contributed by atoms with van der Waals surface area (Å²) in [6, 6.07) is 0.801. The Balaban J connectivity index is 3.29. The Bertz CT molecular complexity index is 449. The number of anilines is 1. The zero-order valence-corrected chi connectivity index (χ0v) is 8.19. The van der Waals surface area contributed by atoms with Crippen LogP contribution in [0.5, 0.6) is 5.75 Å². The molecular weight excluding hydrogens is 245 g/mol. The minimum atomic E-state index is -5.00. The summed E-state index contributed by atoms with van der Waals surface area (Å²) in [5.74, 6) is -1.81. The van der Waals surface area contributed by atoms with Crippen LogP contribution in [0.1, 0.15) is 5.69 Å². The van der Waals surface area contributed by atoms with Gasteiger partial charge in [-0.1, -0.05) is 0 Å². The standard InChI is InChI=1S/C7H7F3N4O3/c8-7(9,10)17-4-1-3(2-11)13-6(5(4)12)14(15)16/h1H,2,11-12H2. The summed E-state index contributed by atoms with van der Waals surface area (Å²) in [6.45, 7) is -0.282. The largest absolute Gasteiger partial charge is 0.573 e. The molecule has 0 aromatic carbocycles. The summed E-state index contributed by atoms with van der Waals surface area (Å²) in [7, 11) is 0. The number of aromatic nitrogens is 1. The summed E-state index contributed by atoms with van der Waals surface area (Å²) in [6.07, 6.45) is -5.00. The molecule has 0 bridgehead atoms. The lowest BCUT2D eigenvalue weighted by Gasteiger charge is -2.10. The van der Waals surface area contributed by atoms with Gasteiger partial charge in [-0.3, -0.25) is 0 Å². The average Bonchev–Trinajstić information content (AvgIpc) is 2.18. The maximum Gasteiger partial charge on any atom is 0.573 e. The maximum absolute atomic E-state index is 12.0. The van der Waals surface area contributed by atoms with Crippen LogP contribution in [0, 0.1) is 10.1 Å². The van der Waals surface area contributed by atoms with Crippen molar-refractivity contribution in [3.8, 4) is 5.75 Å². The fraction of sp³-hybridized carbons (Fsp3) is 0.286. The number of hydrogen-bond acceptors (Lipinski definition) is 6. The van der Waals surface area contributed by atoms with Gasteiger partial charge in [0.15, 0.2) is 17.1 Å². The Kier molecular flexibility index (Phi) is 3.36. The van der Waals surface area contributed by atoms with Gasteiger partial charge < -0.3 is 26.3 Å². The molecule has 0 saturated carbocycles. The summed E-state index contributed by atoms with van der Waals surface area (Å²) < 4.78 is 39.5. The number of nitrogens with zero attached hydrogens (tertiary/aromatic N) is 2. The molecule has 0 fully saturated rings. The second kappa shape index (κ2) is 4.41. The van der Waals surface area contributed by atoms with Crippen LogP contribution >= 0.6 is 0 Å². The van der Waals surface area contributed by atoms with E-state index in [0.29, 0.717) is 0 Å². The third kappa shape index (κ3) is 3.17. The number of nitro groups is 1. The van der Waals surface area contributed by atoms with Gasteiger partial charge >= 0.3 is 12.2 Å². The molecule has 1 aromatic heterocycles. The average molecular weight is 252 g/mol. The van der Waals surface area contributed by atoms with E-state index in [2.05, 4.69) is 9.72 Å². The van der Waals surface area contributed by atoms with E-state index in [1.54, 1.807) is 0 Å². The van der Waals surface area contributed by atoms with Crippen molar-refractivity contribution >= 4 is 11.5 Å². The number of halogens is 3. The molecule has 0 atom stereocenters. The molecule has 1 rings (SSSR count). The van der Waals surface area contributed by atoms with Crippen molar-refractivity contribution in [1.29, 1.82) is 0 Å². The van der Waals surface area contributed by atoms with Crippen LogP contribution in [0.4, 0.5) is 24.7 Å². The minimum absolute atomic E-state index is 0.134. The SMILES string of the molecule is NCc1cc(OC(F)(F)F)c(N)c([N+](=O)[O-])n1. The summed E-state index contributed by atoms with van der Waals surface area (Å²) >= 11 is 0. The quantitative estimate of drug-likeness (QED) is 0.610. The fourth-order valence-corrected chi connectivity index (χ4v) is 1.02. The zero-order valence-electron chi connectivity index (χ0n) is 8.19. The van der Waals surface area contributed by atoms with Crippen LogP contribution < -0.4 is 16.2 Å². The van der Waals surface area contributed by atoms with Gasteiger partial charge in [0.2, 0.25) is 0 Å². The second-order valence-corrected chi connectivity index (χ2v) is 2.86. The summed E-state index contributed by atoms with van der Waals surface area (Å²) in [4.78, 5) is 12.9. The molecular formula is C7H7F3N4O3. The Labute approximate surface area is 92.3 Å². The number of nitrogen functional groups attached to an aromatic ring is 1. The number of hydrogen-bond donors (Lipinski definition) is 2. The first-order valence-electron chi connectivity index (χ1n) is 4.14. The van der Waals surface area contributed by atoms with Gasteiger partial charge in [-0.2, -0.15) is 0 Å². The van der Waals surface area contributed by atoms with Crippen molar-refractivity contribution in [1.82, 2.24) is 4.98 Å². The first-order valence-corrected chi connectivity index (χ1v) is 4.14. The van der Waals surface area contributed by atoms with Gasteiger partial charge in [0, 0.05) is 6.07 Å². The topological polar surface area (TPSA) is 117 Å². The van der Waals surface area contributed by atoms with E-state index in [0.717, 1.165) is 6.07 Å². The number of alkyl halides is 3. The molecule has 17 heavy (non-hydrogen) atoms. The number of pyridine rings is 1. The first-order chi connectivity index (χ1) is 7.74. The highest BCUT2D eigenvalue weighted by Crippen LogP contribution is 2.34. The Hall–Kier alpha value is -2.10. The minimum Gasteiger partial charge on any atom is -0.403 e. The van der Waals surface area contributed by atoms with Gasteiger partial charge in [0.1, 0.15) is 0 Å². The van der Waals surface area contributed by atoms with Crippen molar-refractivity contribution in [3.05, 3.63) is 21.9 Å². The van der Waals surface area contributed by atoms with E-state index in [4.69, 9.17) is 11.5 Å². The molecule has 1 aromatic rings. The van der Waals surface area contributed by atoms with E-state index in [9.17, 15) is 23.3 Å². The smallest absolute Gasteiger partial charge is 0.403 e. The van der Waals surface area contributed by atoms with Crippen LogP contribution in [0.2, 0.25) is 0 Å². The van der Waals surface area contributed by atoms with E-state index < -0.39 is 28.5 Å². The molecule has 0 saturated heterocycles. The third-order valence-corrected chi connectivity index (χ3v) is 1.66. The van der Waals surface area contributed by atoms with Crippen molar-refractivity contribution in [2.24, 2.45) is 5.73 Å². The van der Waals surface area contributed by atoms with Gasteiger partial charge in [0.05, 0.1) is 6.54 Å². The van der Waals surface area contributed by atoms with Crippen molar-refractivity contribution < 1.29 is 22.8 Å². The molecule has 7 nitrogen and oxygen atoms in total. The molecule has 0 aliphatic rings. The third-order valence-electron chi connectivity index (χ3n) is 1.66. The van der Waals surface area contributed by atoms with E-state index >= 15 is 0 Å². The van der Waals surface area contributed by atoms with Crippen molar-refractivity contribution in [3.63, 3.8) is 0 Å². The van der Waals surface area contributed by atoms with Crippen LogP contribution in [-0.2, 0) is 6.54 Å². The van der Waals surface area contributed by atoms with Crippen molar-refractivity contribution in [2.75, 3.05) is 5.73 Å². The number of nitrogens with two attached hydrogens (primary N) is 2. The lowest BCUT2D eigenvalue weighted by atomic mass is 10.3. The first kappa shape index (κ1) is 13.0. The van der Waals surface area contributed by atoms with Crippen molar-refractivity contribution in [2.45, 2.75) is 12.9 Å². The molecule has 4 N–H and O–H groups in total. The van der Waals surface area contributed by atoms with Crippen LogP contribution in [0.25, 0.3) is 0 Å². The Morgan fingerprint density at radius 1 is 1.53 bits per heavy atom. The number of rotatable bonds is 3. The van der Waals surface area contributed by atoms with Crippen LogP contribution in [-0.4, -0.2) is 16.3 Å². The molecule has 0 unspecified atom stereocenters. The highest BCUT2D eigenvalue weighted by atomic mass is 19.4. The summed E-state index contributed by atoms with van der Waals surface area (Å²) in [5, 5.41) is 10.5. The molecule has 0 amide bonds. The predicted molar refractivity (Wildman–Crippen MR) is 49.9 cm³/mol. The predicted octanol–water partition coefficient (Wildman–Crippen LogP) is 0.929. The highest BCUT2D eigenvalue weighted by molar-refractivity contribution is 5.64. The molecule has 1 heterocycles. The van der Waals surface area contributed by atoms with Crippen LogP contribution in [0.15, 0.2) is 6.07 Å². The van der Waals surface area contributed by atoms with Gasteiger partial charge in [-0.05, 0) is 9.91 Å². The van der Waals surface area contributed by atoms with E-state index in [-0.39, 0.29) is 12.2 Å². The highest BCUT2D eigenvalue weighted by Gasteiger charge is 2.34. The molecule has 0 radical (unpaired) electrons. The maximum atomic E-state index is 12.0.